The maximum Gasteiger partial charge on any atom is 0.137 e. The van der Waals surface area contributed by atoms with Crippen LogP contribution < -0.4 is 0 Å². The fourth-order valence-corrected chi connectivity index (χ4v) is 3.20. The number of ketones is 1. The molecule has 0 N–H and O–H groups in total. The van der Waals surface area contributed by atoms with Gasteiger partial charge in [-0.25, -0.2) is 0 Å². The molecule has 0 aromatic carbocycles. The average molecular weight is 178 g/mol. The van der Waals surface area contributed by atoms with Crippen molar-refractivity contribution in [2.24, 2.45) is 23.2 Å². The molecule has 2 aliphatic carbocycles. The third-order valence-corrected chi connectivity index (χ3v) is 4.12. The first kappa shape index (κ1) is 8.98. The first-order valence-corrected chi connectivity index (χ1v) is 5.13. The van der Waals surface area contributed by atoms with Crippen LogP contribution in [0.25, 0.3) is 0 Å². The SMILES string of the molecule is CC(=O)C1C(C)=CCC2C1C2(C)C. The number of allylic oxidation sites excluding steroid dienone is 2. The Morgan fingerprint density at radius 3 is 2.62 bits per heavy atom. The van der Waals surface area contributed by atoms with Gasteiger partial charge in [0.05, 0.1) is 0 Å². The van der Waals surface area contributed by atoms with Crippen LogP contribution in [0.1, 0.15) is 34.1 Å². The van der Waals surface area contributed by atoms with E-state index in [0.29, 0.717) is 17.1 Å². The van der Waals surface area contributed by atoms with E-state index in [1.54, 1.807) is 6.92 Å². The summed E-state index contributed by atoms with van der Waals surface area (Å²) < 4.78 is 0. The first-order valence-electron chi connectivity index (χ1n) is 5.13. The summed E-state index contributed by atoms with van der Waals surface area (Å²) >= 11 is 0. The molecule has 0 amide bonds. The quantitative estimate of drug-likeness (QED) is 0.564. The van der Waals surface area contributed by atoms with E-state index >= 15 is 0 Å². The van der Waals surface area contributed by atoms with Gasteiger partial charge in [0, 0.05) is 5.92 Å². The molecule has 13 heavy (non-hydrogen) atoms. The molecule has 0 aliphatic heterocycles. The molecule has 2 aliphatic rings. The summed E-state index contributed by atoms with van der Waals surface area (Å²) in [5.74, 6) is 1.99. The van der Waals surface area contributed by atoms with Gasteiger partial charge in [-0.15, -0.1) is 0 Å². The molecule has 0 radical (unpaired) electrons. The summed E-state index contributed by atoms with van der Waals surface area (Å²) in [5.41, 5.74) is 1.71. The third-order valence-electron chi connectivity index (χ3n) is 4.12. The largest absolute Gasteiger partial charge is 0.299 e. The molecular weight excluding hydrogens is 160 g/mol. The molecule has 72 valence electrons. The van der Waals surface area contributed by atoms with E-state index in [4.69, 9.17) is 0 Å². The van der Waals surface area contributed by atoms with Crippen LogP contribution in [0.5, 0.6) is 0 Å². The van der Waals surface area contributed by atoms with Crippen molar-refractivity contribution in [3.05, 3.63) is 11.6 Å². The van der Waals surface area contributed by atoms with E-state index in [0.717, 1.165) is 5.92 Å². The predicted octanol–water partition coefficient (Wildman–Crippen LogP) is 2.81. The number of hydrogen-bond donors (Lipinski definition) is 0. The zero-order chi connectivity index (χ0) is 9.80. The van der Waals surface area contributed by atoms with E-state index in [9.17, 15) is 4.79 Å². The Hall–Kier alpha value is -0.590. The summed E-state index contributed by atoms with van der Waals surface area (Å²) in [6.07, 6.45) is 3.45. The average Bonchev–Trinajstić information content (AvgIpc) is 2.53. The van der Waals surface area contributed by atoms with Crippen molar-refractivity contribution >= 4 is 5.78 Å². The second kappa shape index (κ2) is 2.46. The van der Waals surface area contributed by atoms with Gasteiger partial charge in [-0.3, -0.25) is 4.79 Å². The van der Waals surface area contributed by atoms with E-state index in [2.05, 4.69) is 26.8 Å². The molecule has 0 aromatic rings. The Balaban J connectivity index is 2.29. The van der Waals surface area contributed by atoms with Crippen LogP contribution >= 0.6 is 0 Å². The summed E-state index contributed by atoms with van der Waals surface area (Å²) in [7, 11) is 0. The molecule has 0 heterocycles. The van der Waals surface area contributed by atoms with Crippen molar-refractivity contribution in [3.63, 3.8) is 0 Å². The lowest BCUT2D eigenvalue weighted by molar-refractivity contribution is -0.120. The van der Waals surface area contributed by atoms with Crippen molar-refractivity contribution in [3.8, 4) is 0 Å². The standard InChI is InChI=1S/C12H18O/c1-7-5-6-9-11(12(9,3)4)10(7)8(2)13/h5,9-11H,6H2,1-4H3. The second-order valence-electron chi connectivity index (χ2n) is 5.23. The number of Topliss-reactive ketones (excluding diaryl/α,β-unsaturated/α-hetero) is 1. The van der Waals surface area contributed by atoms with Gasteiger partial charge < -0.3 is 0 Å². The smallest absolute Gasteiger partial charge is 0.137 e. The minimum absolute atomic E-state index is 0.230. The maximum atomic E-state index is 11.5. The highest BCUT2D eigenvalue weighted by Gasteiger charge is 2.62. The van der Waals surface area contributed by atoms with Crippen LogP contribution in [0.3, 0.4) is 0 Å². The molecular formula is C12H18O. The normalized spacial score (nSPS) is 40.6. The third kappa shape index (κ3) is 1.09. The van der Waals surface area contributed by atoms with Gasteiger partial charge in [-0.05, 0) is 37.5 Å². The Bertz CT molecular complexity index is 285. The van der Waals surface area contributed by atoms with Crippen LogP contribution in [0.2, 0.25) is 0 Å². The Morgan fingerprint density at radius 1 is 1.54 bits per heavy atom. The van der Waals surface area contributed by atoms with Crippen LogP contribution in [-0.4, -0.2) is 5.78 Å². The zero-order valence-corrected chi connectivity index (χ0v) is 8.92. The molecule has 0 bridgehead atoms. The first-order chi connectivity index (χ1) is 5.96. The molecule has 0 aromatic heterocycles. The van der Waals surface area contributed by atoms with Crippen molar-refractivity contribution in [1.29, 1.82) is 0 Å². The monoisotopic (exact) mass is 178 g/mol. The Labute approximate surface area is 80.2 Å². The van der Waals surface area contributed by atoms with Gasteiger partial charge in [-0.2, -0.15) is 0 Å². The zero-order valence-electron chi connectivity index (χ0n) is 8.92. The van der Waals surface area contributed by atoms with Gasteiger partial charge in [0.25, 0.3) is 0 Å². The van der Waals surface area contributed by atoms with Crippen LogP contribution in [-0.2, 0) is 4.79 Å². The van der Waals surface area contributed by atoms with Crippen LogP contribution in [0, 0.1) is 23.2 Å². The van der Waals surface area contributed by atoms with Gasteiger partial charge in [0.1, 0.15) is 5.78 Å². The highest BCUT2D eigenvalue weighted by atomic mass is 16.1. The van der Waals surface area contributed by atoms with Crippen LogP contribution in [0.15, 0.2) is 11.6 Å². The van der Waals surface area contributed by atoms with Gasteiger partial charge in [-0.1, -0.05) is 25.5 Å². The molecule has 3 unspecified atom stereocenters. The summed E-state index contributed by atoms with van der Waals surface area (Å²) in [6, 6.07) is 0. The summed E-state index contributed by atoms with van der Waals surface area (Å²) in [5, 5.41) is 0. The lowest BCUT2D eigenvalue weighted by atomic mass is 9.85. The van der Waals surface area contributed by atoms with E-state index in [-0.39, 0.29) is 5.92 Å². The van der Waals surface area contributed by atoms with Crippen molar-refractivity contribution in [1.82, 2.24) is 0 Å². The minimum Gasteiger partial charge on any atom is -0.299 e. The van der Waals surface area contributed by atoms with Crippen LogP contribution in [0.4, 0.5) is 0 Å². The molecule has 3 atom stereocenters. The fourth-order valence-electron chi connectivity index (χ4n) is 3.20. The number of fused-ring (bicyclic) bond motifs is 1. The van der Waals surface area contributed by atoms with E-state index in [1.807, 2.05) is 0 Å². The lowest BCUT2D eigenvalue weighted by Gasteiger charge is -2.18. The Morgan fingerprint density at radius 2 is 2.15 bits per heavy atom. The highest BCUT2D eigenvalue weighted by Crippen LogP contribution is 2.66. The Kier molecular flexibility index (Phi) is 1.70. The van der Waals surface area contributed by atoms with Crippen molar-refractivity contribution in [2.75, 3.05) is 0 Å². The van der Waals surface area contributed by atoms with Crippen molar-refractivity contribution < 1.29 is 4.79 Å². The molecule has 0 saturated heterocycles. The highest BCUT2D eigenvalue weighted by molar-refractivity contribution is 5.82. The van der Waals surface area contributed by atoms with E-state index < -0.39 is 0 Å². The number of rotatable bonds is 1. The van der Waals surface area contributed by atoms with Gasteiger partial charge in [0.2, 0.25) is 0 Å². The molecule has 1 fully saturated rings. The van der Waals surface area contributed by atoms with Gasteiger partial charge in [0.15, 0.2) is 0 Å². The molecule has 1 saturated carbocycles. The number of carbonyl (C=O) groups excluding carboxylic acids is 1. The predicted molar refractivity (Wildman–Crippen MR) is 53.3 cm³/mol. The fraction of sp³-hybridized carbons (Fsp3) is 0.750. The number of carbonyl (C=O) groups is 1. The number of hydrogen-bond acceptors (Lipinski definition) is 1. The van der Waals surface area contributed by atoms with E-state index in [1.165, 1.54) is 12.0 Å². The maximum absolute atomic E-state index is 11.5. The second-order valence-corrected chi connectivity index (χ2v) is 5.23. The molecule has 1 heteroatoms. The molecule has 2 rings (SSSR count). The minimum atomic E-state index is 0.230. The summed E-state index contributed by atoms with van der Waals surface area (Å²) in [4.78, 5) is 11.5. The van der Waals surface area contributed by atoms with Crippen molar-refractivity contribution in [2.45, 2.75) is 34.1 Å². The molecule has 1 nitrogen and oxygen atoms in total. The van der Waals surface area contributed by atoms with Gasteiger partial charge >= 0.3 is 0 Å². The molecule has 0 spiro atoms. The lowest BCUT2D eigenvalue weighted by Crippen LogP contribution is -2.19. The topological polar surface area (TPSA) is 17.1 Å². The summed E-state index contributed by atoms with van der Waals surface area (Å²) in [6.45, 7) is 8.44.